The molecule has 0 spiro atoms. The first-order valence-electron chi connectivity index (χ1n) is 6.21. The topological polar surface area (TPSA) is 35.0 Å². The Morgan fingerprint density at radius 2 is 1.95 bits per heavy atom. The molecule has 1 aromatic carbocycles. The molecule has 0 aliphatic heterocycles. The molecule has 0 aliphatic rings. The number of thiophene rings is 1. The third-order valence-electron chi connectivity index (χ3n) is 3.27. The van der Waals surface area contributed by atoms with Gasteiger partial charge in [0, 0.05) is 9.90 Å². The third kappa shape index (κ3) is 2.25. The summed E-state index contributed by atoms with van der Waals surface area (Å²) in [6.07, 6.45) is 1.54. The molecule has 0 radical (unpaired) electrons. The van der Waals surface area contributed by atoms with Crippen LogP contribution in [0.15, 0.2) is 24.5 Å². The molecule has 0 bridgehead atoms. The summed E-state index contributed by atoms with van der Waals surface area (Å²) in [4.78, 5) is 10.8. The van der Waals surface area contributed by atoms with Gasteiger partial charge in [0.25, 0.3) is 0 Å². The molecule has 3 nitrogen and oxygen atoms in total. The summed E-state index contributed by atoms with van der Waals surface area (Å²) in [7, 11) is 0. The van der Waals surface area contributed by atoms with Crippen molar-refractivity contribution in [3.05, 3.63) is 45.6 Å². The van der Waals surface area contributed by atoms with Gasteiger partial charge in [-0.15, -0.1) is 11.3 Å². The van der Waals surface area contributed by atoms with E-state index in [4.69, 9.17) is 16.3 Å². The minimum Gasteiger partial charge on any atom is -0.438 e. The number of hydrogen-bond donors (Lipinski definition) is 0. The van der Waals surface area contributed by atoms with Crippen LogP contribution in [-0.2, 0) is 0 Å². The lowest BCUT2D eigenvalue weighted by molar-refractivity contribution is 0.464. The molecular formula is C15H13ClN2OS. The zero-order valence-electron chi connectivity index (χ0n) is 11.4. The third-order valence-corrected chi connectivity index (χ3v) is 4.62. The van der Waals surface area contributed by atoms with Crippen LogP contribution >= 0.6 is 22.9 Å². The Hall–Kier alpha value is -1.65. The van der Waals surface area contributed by atoms with Crippen LogP contribution in [0.4, 0.5) is 0 Å². The summed E-state index contributed by atoms with van der Waals surface area (Å²) in [5.74, 6) is 1.36. The van der Waals surface area contributed by atoms with Gasteiger partial charge in [0.15, 0.2) is 0 Å². The summed E-state index contributed by atoms with van der Waals surface area (Å²) < 4.78 is 5.97. The van der Waals surface area contributed by atoms with Crippen LogP contribution in [0.5, 0.6) is 11.6 Å². The number of ether oxygens (including phenoxy) is 1. The molecule has 102 valence electrons. The fraction of sp³-hybridized carbons (Fsp3) is 0.200. The number of benzene rings is 1. The van der Waals surface area contributed by atoms with Gasteiger partial charge < -0.3 is 4.74 Å². The van der Waals surface area contributed by atoms with E-state index < -0.39 is 0 Å². The van der Waals surface area contributed by atoms with Gasteiger partial charge in [0.2, 0.25) is 5.88 Å². The van der Waals surface area contributed by atoms with Gasteiger partial charge in [-0.3, -0.25) is 0 Å². The van der Waals surface area contributed by atoms with E-state index >= 15 is 0 Å². The summed E-state index contributed by atoms with van der Waals surface area (Å²) in [6, 6.07) is 5.55. The summed E-state index contributed by atoms with van der Waals surface area (Å²) >= 11 is 7.62. The maximum Gasteiger partial charge on any atom is 0.231 e. The fourth-order valence-corrected chi connectivity index (χ4v) is 3.27. The largest absolute Gasteiger partial charge is 0.438 e. The number of hydrogen-bond acceptors (Lipinski definition) is 4. The van der Waals surface area contributed by atoms with Gasteiger partial charge in [-0.25, -0.2) is 9.97 Å². The molecule has 0 atom stereocenters. The Morgan fingerprint density at radius 1 is 1.15 bits per heavy atom. The Kier molecular flexibility index (Phi) is 3.36. The SMILES string of the molecule is Cc1cc(Cl)ccc1Oc1ncnc2sc(C)c(C)c12. The molecule has 20 heavy (non-hydrogen) atoms. The van der Waals surface area contributed by atoms with Crippen molar-refractivity contribution in [1.29, 1.82) is 0 Å². The molecule has 0 saturated carbocycles. The first-order valence-corrected chi connectivity index (χ1v) is 7.40. The van der Waals surface area contributed by atoms with Crippen molar-refractivity contribution in [2.24, 2.45) is 0 Å². The van der Waals surface area contributed by atoms with E-state index in [1.165, 1.54) is 16.8 Å². The standard InChI is InChI=1S/C15H13ClN2OS/c1-8-6-11(16)4-5-12(8)19-14-13-9(2)10(3)20-15(13)18-7-17-14/h4-7H,1-3H3. The average Bonchev–Trinajstić information content (AvgIpc) is 2.69. The van der Waals surface area contributed by atoms with Crippen molar-refractivity contribution in [3.8, 4) is 11.6 Å². The Balaban J connectivity index is 2.11. The smallest absolute Gasteiger partial charge is 0.231 e. The fourth-order valence-electron chi connectivity index (χ4n) is 2.06. The van der Waals surface area contributed by atoms with E-state index in [0.29, 0.717) is 10.9 Å². The van der Waals surface area contributed by atoms with Gasteiger partial charge in [-0.1, -0.05) is 11.6 Å². The monoisotopic (exact) mass is 304 g/mol. The second-order valence-electron chi connectivity index (χ2n) is 4.65. The minimum atomic E-state index is 0.599. The van der Waals surface area contributed by atoms with Crippen LogP contribution in [0.2, 0.25) is 5.02 Å². The summed E-state index contributed by atoms with van der Waals surface area (Å²) in [6.45, 7) is 6.11. The zero-order valence-corrected chi connectivity index (χ0v) is 13.0. The molecule has 2 aromatic heterocycles. The van der Waals surface area contributed by atoms with Crippen molar-refractivity contribution < 1.29 is 4.74 Å². The molecule has 3 rings (SSSR count). The molecular weight excluding hydrogens is 292 g/mol. The second-order valence-corrected chi connectivity index (χ2v) is 6.29. The Morgan fingerprint density at radius 3 is 2.70 bits per heavy atom. The molecule has 0 fully saturated rings. The van der Waals surface area contributed by atoms with Crippen LogP contribution in [-0.4, -0.2) is 9.97 Å². The maximum absolute atomic E-state index is 5.97. The van der Waals surface area contributed by atoms with Crippen molar-refractivity contribution >= 4 is 33.2 Å². The quantitative estimate of drug-likeness (QED) is 0.663. The predicted molar refractivity (Wildman–Crippen MR) is 83.2 cm³/mol. The normalized spacial score (nSPS) is 11.0. The van der Waals surface area contributed by atoms with E-state index in [1.807, 2.05) is 25.1 Å². The lowest BCUT2D eigenvalue weighted by atomic mass is 10.2. The Labute approximate surface area is 126 Å². The molecule has 0 aliphatic carbocycles. The van der Waals surface area contributed by atoms with Gasteiger partial charge in [0.05, 0.1) is 5.39 Å². The highest BCUT2D eigenvalue weighted by atomic mass is 35.5. The van der Waals surface area contributed by atoms with Crippen molar-refractivity contribution in [3.63, 3.8) is 0 Å². The minimum absolute atomic E-state index is 0.599. The number of fused-ring (bicyclic) bond motifs is 1. The van der Waals surface area contributed by atoms with Crippen LogP contribution in [0.25, 0.3) is 10.2 Å². The van der Waals surface area contributed by atoms with Crippen LogP contribution < -0.4 is 4.74 Å². The first kappa shape index (κ1) is 13.3. The molecule has 0 N–H and O–H groups in total. The number of halogens is 1. The zero-order chi connectivity index (χ0) is 14.3. The molecule has 0 unspecified atom stereocenters. The van der Waals surface area contributed by atoms with Crippen molar-refractivity contribution in [2.75, 3.05) is 0 Å². The van der Waals surface area contributed by atoms with Gasteiger partial charge in [0.1, 0.15) is 16.9 Å². The van der Waals surface area contributed by atoms with Gasteiger partial charge >= 0.3 is 0 Å². The Bertz CT molecular complexity index is 798. The van der Waals surface area contributed by atoms with Crippen molar-refractivity contribution in [1.82, 2.24) is 9.97 Å². The van der Waals surface area contributed by atoms with Crippen LogP contribution in [0.1, 0.15) is 16.0 Å². The van der Waals surface area contributed by atoms with Gasteiger partial charge in [-0.2, -0.15) is 0 Å². The molecule has 2 heterocycles. The average molecular weight is 305 g/mol. The van der Waals surface area contributed by atoms with E-state index in [1.54, 1.807) is 11.3 Å². The second kappa shape index (κ2) is 5.04. The highest BCUT2D eigenvalue weighted by molar-refractivity contribution is 7.18. The number of nitrogens with zero attached hydrogens (tertiary/aromatic N) is 2. The van der Waals surface area contributed by atoms with E-state index in [-0.39, 0.29) is 0 Å². The van der Waals surface area contributed by atoms with Crippen LogP contribution in [0, 0.1) is 20.8 Å². The molecule has 0 saturated heterocycles. The van der Waals surface area contributed by atoms with E-state index in [0.717, 1.165) is 21.5 Å². The van der Waals surface area contributed by atoms with Crippen LogP contribution in [0.3, 0.4) is 0 Å². The van der Waals surface area contributed by atoms with E-state index in [2.05, 4.69) is 23.8 Å². The first-order chi connectivity index (χ1) is 9.56. The molecule has 3 aromatic rings. The summed E-state index contributed by atoms with van der Waals surface area (Å²) in [5.41, 5.74) is 2.15. The lowest BCUT2D eigenvalue weighted by Crippen LogP contribution is -1.92. The number of aryl methyl sites for hydroxylation is 3. The highest BCUT2D eigenvalue weighted by Gasteiger charge is 2.14. The molecule has 0 amide bonds. The number of rotatable bonds is 2. The van der Waals surface area contributed by atoms with Gasteiger partial charge in [-0.05, 0) is 50.1 Å². The predicted octanol–water partition coefficient (Wildman–Crippen LogP) is 5.06. The summed E-state index contributed by atoms with van der Waals surface area (Å²) in [5, 5.41) is 1.69. The van der Waals surface area contributed by atoms with Crippen molar-refractivity contribution in [2.45, 2.75) is 20.8 Å². The highest BCUT2D eigenvalue weighted by Crippen LogP contribution is 2.36. The lowest BCUT2D eigenvalue weighted by Gasteiger charge is -2.09. The van der Waals surface area contributed by atoms with E-state index in [9.17, 15) is 0 Å². The molecule has 5 heteroatoms. The maximum atomic E-state index is 5.97. The number of aromatic nitrogens is 2.